The van der Waals surface area contributed by atoms with Gasteiger partial charge >= 0.3 is 0 Å². The Morgan fingerprint density at radius 2 is 1.62 bits per heavy atom. The summed E-state index contributed by atoms with van der Waals surface area (Å²) in [6.45, 7) is 2.11. The zero-order valence-corrected chi connectivity index (χ0v) is 11.7. The third-order valence-electron chi connectivity index (χ3n) is 2.20. The monoisotopic (exact) mass is 342 g/mol. The topological polar surface area (TPSA) is 20.2 Å². The van der Waals surface area contributed by atoms with Crippen molar-refractivity contribution in [2.24, 2.45) is 0 Å². The van der Waals surface area contributed by atoms with Crippen LogP contribution in [-0.2, 0) is 0 Å². The van der Waals surface area contributed by atoms with Crippen molar-refractivity contribution in [3.05, 3.63) is 51.6 Å². The summed E-state index contributed by atoms with van der Waals surface area (Å²) in [5.41, 5.74) is 1.30. The highest BCUT2D eigenvalue weighted by molar-refractivity contribution is 14.1. The van der Waals surface area contributed by atoms with E-state index in [4.69, 9.17) is 0 Å². The molecule has 0 radical (unpaired) electrons. The van der Waals surface area contributed by atoms with Gasteiger partial charge < -0.3 is 5.11 Å². The largest absolute Gasteiger partial charge is 0.508 e. The molecule has 2 aromatic rings. The summed E-state index contributed by atoms with van der Waals surface area (Å²) in [6, 6.07) is 13.7. The van der Waals surface area contributed by atoms with Crippen molar-refractivity contribution in [2.45, 2.75) is 16.7 Å². The molecule has 0 amide bonds. The van der Waals surface area contributed by atoms with Crippen LogP contribution in [0.2, 0.25) is 0 Å². The number of phenolic OH excluding ortho intramolecular Hbond substituents is 1. The molecule has 0 heterocycles. The summed E-state index contributed by atoms with van der Waals surface area (Å²) >= 11 is 4.04. The van der Waals surface area contributed by atoms with E-state index >= 15 is 0 Å². The van der Waals surface area contributed by atoms with E-state index in [-0.39, 0.29) is 0 Å². The minimum absolute atomic E-state index is 0.308. The van der Waals surface area contributed by atoms with Crippen LogP contribution in [0.15, 0.2) is 52.3 Å². The molecule has 82 valence electrons. The Balaban J connectivity index is 2.20. The molecule has 0 atom stereocenters. The summed E-state index contributed by atoms with van der Waals surface area (Å²) in [5, 5.41) is 9.19. The van der Waals surface area contributed by atoms with Crippen LogP contribution in [0.1, 0.15) is 5.56 Å². The Bertz CT molecular complexity index is 494. The highest BCUT2D eigenvalue weighted by Crippen LogP contribution is 2.30. The number of hydrogen-bond acceptors (Lipinski definition) is 2. The molecule has 1 nitrogen and oxygen atoms in total. The maximum absolute atomic E-state index is 9.19. The van der Waals surface area contributed by atoms with Crippen LogP contribution < -0.4 is 0 Å². The molecule has 0 saturated heterocycles. The molecule has 2 rings (SSSR count). The Morgan fingerprint density at radius 3 is 2.25 bits per heavy atom. The van der Waals surface area contributed by atoms with E-state index in [0.717, 1.165) is 4.90 Å². The first-order valence-corrected chi connectivity index (χ1v) is 6.78. The Morgan fingerprint density at radius 1 is 1.00 bits per heavy atom. The number of aryl methyl sites for hydroxylation is 1. The van der Waals surface area contributed by atoms with Crippen LogP contribution >= 0.6 is 34.4 Å². The van der Waals surface area contributed by atoms with Gasteiger partial charge in [0.1, 0.15) is 5.75 Å². The molecule has 0 aromatic heterocycles. The second-order valence-electron chi connectivity index (χ2n) is 3.51. The van der Waals surface area contributed by atoms with E-state index in [1.54, 1.807) is 23.9 Å². The van der Waals surface area contributed by atoms with Crippen molar-refractivity contribution in [3.63, 3.8) is 0 Å². The van der Waals surface area contributed by atoms with E-state index in [1.165, 1.54) is 14.0 Å². The van der Waals surface area contributed by atoms with Gasteiger partial charge in [-0.15, -0.1) is 0 Å². The summed E-state index contributed by atoms with van der Waals surface area (Å²) in [4.78, 5) is 2.36. The number of benzene rings is 2. The molecule has 0 aliphatic rings. The summed E-state index contributed by atoms with van der Waals surface area (Å²) in [5.74, 6) is 0.308. The molecule has 1 N–H and O–H groups in total. The zero-order chi connectivity index (χ0) is 11.5. The minimum atomic E-state index is 0.308. The van der Waals surface area contributed by atoms with Crippen LogP contribution in [0.25, 0.3) is 0 Å². The lowest BCUT2D eigenvalue weighted by molar-refractivity contribution is 0.475. The SMILES string of the molecule is Cc1cc(Sc2ccc(O)cc2)ccc1I. The average molecular weight is 342 g/mol. The molecule has 0 fully saturated rings. The van der Waals surface area contributed by atoms with Crippen LogP contribution in [0, 0.1) is 10.5 Å². The zero-order valence-electron chi connectivity index (χ0n) is 8.77. The first-order valence-electron chi connectivity index (χ1n) is 4.88. The van der Waals surface area contributed by atoms with Gasteiger partial charge in [0.15, 0.2) is 0 Å². The summed E-state index contributed by atoms with van der Waals surface area (Å²) in [7, 11) is 0. The van der Waals surface area contributed by atoms with E-state index < -0.39 is 0 Å². The first-order chi connectivity index (χ1) is 7.65. The molecule has 0 saturated carbocycles. The van der Waals surface area contributed by atoms with Crippen molar-refractivity contribution in [1.82, 2.24) is 0 Å². The molecule has 0 spiro atoms. The first kappa shape index (κ1) is 11.8. The van der Waals surface area contributed by atoms with Gasteiger partial charge in [-0.1, -0.05) is 11.8 Å². The van der Waals surface area contributed by atoms with Crippen LogP contribution in [0.3, 0.4) is 0 Å². The lowest BCUT2D eigenvalue weighted by atomic mass is 10.2. The maximum atomic E-state index is 9.19. The molecule has 16 heavy (non-hydrogen) atoms. The third kappa shape index (κ3) is 2.92. The Kier molecular flexibility index (Phi) is 3.76. The van der Waals surface area contributed by atoms with E-state index in [9.17, 15) is 5.11 Å². The van der Waals surface area contributed by atoms with Gasteiger partial charge in [0, 0.05) is 13.4 Å². The second-order valence-corrected chi connectivity index (χ2v) is 5.82. The fourth-order valence-corrected chi connectivity index (χ4v) is 2.58. The van der Waals surface area contributed by atoms with Gasteiger partial charge in [-0.2, -0.15) is 0 Å². The van der Waals surface area contributed by atoms with Crippen molar-refractivity contribution in [1.29, 1.82) is 0 Å². The van der Waals surface area contributed by atoms with E-state index in [0.29, 0.717) is 5.75 Å². The van der Waals surface area contributed by atoms with Crippen molar-refractivity contribution in [3.8, 4) is 5.75 Å². The van der Waals surface area contributed by atoms with Gasteiger partial charge in [-0.3, -0.25) is 0 Å². The predicted octanol–water partition coefficient (Wildman–Crippen LogP) is 4.46. The van der Waals surface area contributed by atoms with Crippen molar-refractivity contribution in [2.75, 3.05) is 0 Å². The lowest BCUT2D eigenvalue weighted by Gasteiger charge is -2.04. The van der Waals surface area contributed by atoms with E-state index in [2.05, 4.69) is 47.7 Å². The normalized spacial score (nSPS) is 10.4. The predicted molar refractivity (Wildman–Crippen MR) is 76.1 cm³/mol. The number of halogens is 1. The third-order valence-corrected chi connectivity index (χ3v) is 4.41. The molecule has 0 bridgehead atoms. The fraction of sp³-hybridized carbons (Fsp3) is 0.0769. The molecule has 0 aliphatic heterocycles. The fourth-order valence-electron chi connectivity index (χ4n) is 1.33. The maximum Gasteiger partial charge on any atom is 0.115 e. The molecule has 2 aromatic carbocycles. The van der Waals surface area contributed by atoms with E-state index in [1.807, 2.05) is 12.1 Å². The average Bonchev–Trinajstić information content (AvgIpc) is 2.27. The second kappa shape index (κ2) is 5.10. The molecule has 0 aliphatic carbocycles. The quantitative estimate of drug-likeness (QED) is 0.814. The highest BCUT2D eigenvalue weighted by atomic mass is 127. The Hall–Kier alpha value is -0.680. The van der Waals surface area contributed by atoms with Crippen LogP contribution in [0.5, 0.6) is 5.75 Å². The lowest BCUT2D eigenvalue weighted by Crippen LogP contribution is -1.80. The number of hydrogen-bond donors (Lipinski definition) is 1. The van der Waals surface area contributed by atoms with Gasteiger partial charge in [-0.25, -0.2) is 0 Å². The van der Waals surface area contributed by atoms with Gasteiger partial charge in [0.05, 0.1) is 0 Å². The number of aromatic hydroxyl groups is 1. The number of phenols is 1. The smallest absolute Gasteiger partial charge is 0.115 e. The molecular formula is C13H11IOS. The van der Waals surface area contributed by atoms with Gasteiger partial charge in [0.25, 0.3) is 0 Å². The summed E-state index contributed by atoms with van der Waals surface area (Å²) < 4.78 is 1.28. The highest BCUT2D eigenvalue weighted by Gasteiger charge is 2.00. The Labute approximate surface area is 113 Å². The van der Waals surface area contributed by atoms with Gasteiger partial charge in [-0.05, 0) is 77.5 Å². The van der Waals surface area contributed by atoms with Crippen molar-refractivity contribution < 1.29 is 5.11 Å². The van der Waals surface area contributed by atoms with Crippen LogP contribution in [-0.4, -0.2) is 5.11 Å². The number of rotatable bonds is 2. The van der Waals surface area contributed by atoms with Crippen molar-refractivity contribution >= 4 is 34.4 Å². The molecule has 0 unspecified atom stereocenters. The molecule has 3 heteroatoms. The molecular weight excluding hydrogens is 331 g/mol. The van der Waals surface area contributed by atoms with Crippen LogP contribution in [0.4, 0.5) is 0 Å². The standard InChI is InChI=1S/C13H11IOS/c1-9-8-12(6-7-13(9)14)16-11-4-2-10(15)3-5-11/h2-8,15H,1H3. The summed E-state index contributed by atoms with van der Waals surface area (Å²) in [6.07, 6.45) is 0. The van der Waals surface area contributed by atoms with Gasteiger partial charge in [0.2, 0.25) is 0 Å². The minimum Gasteiger partial charge on any atom is -0.508 e.